The summed E-state index contributed by atoms with van der Waals surface area (Å²) in [5, 5.41) is 1.56. The fraction of sp³-hybridized carbons (Fsp3) is 0.194. The molecule has 1 spiro atoms. The highest BCUT2D eigenvalue weighted by Gasteiger charge is 2.54. The summed E-state index contributed by atoms with van der Waals surface area (Å²) in [6.07, 6.45) is 0. The third-order valence-electron chi connectivity index (χ3n) is 7.07. The molecule has 2 heterocycles. The minimum absolute atomic E-state index is 0.0455. The van der Waals surface area contributed by atoms with E-state index in [-0.39, 0.29) is 6.61 Å². The van der Waals surface area contributed by atoms with Crippen molar-refractivity contribution in [1.29, 1.82) is 0 Å². The maximum atomic E-state index is 13.5. The smallest absolute Gasteiger partial charge is 0.340 e. The Morgan fingerprint density at radius 1 is 0.897 bits per heavy atom. The van der Waals surface area contributed by atoms with Gasteiger partial charge in [0.25, 0.3) is 0 Å². The van der Waals surface area contributed by atoms with E-state index in [1.54, 1.807) is 18.2 Å². The summed E-state index contributed by atoms with van der Waals surface area (Å²) >= 11 is 0. The second-order valence-electron chi connectivity index (χ2n) is 9.79. The summed E-state index contributed by atoms with van der Waals surface area (Å²) < 4.78 is 23.4. The van der Waals surface area contributed by atoms with E-state index in [2.05, 4.69) is 0 Å². The van der Waals surface area contributed by atoms with Crippen molar-refractivity contribution in [3.8, 4) is 17.2 Å². The number of anilines is 1. The number of nitrogens with zero attached hydrogens (tertiary/aromatic N) is 1. The van der Waals surface area contributed by atoms with Crippen molar-refractivity contribution in [2.75, 3.05) is 19.0 Å². The third kappa shape index (κ3) is 3.79. The molecule has 0 fully saturated rings. The summed E-state index contributed by atoms with van der Waals surface area (Å²) in [4.78, 5) is 38.6. The Bertz CT molecular complexity index is 1710. The highest BCUT2D eigenvalue weighted by atomic mass is 16.6. The predicted molar refractivity (Wildman–Crippen MR) is 143 cm³/mol. The van der Waals surface area contributed by atoms with Crippen LogP contribution in [0.2, 0.25) is 0 Å². The first-order chi connectivity index (χ1) is 18.7. The van der Waals surface area contributed by atoms with Crippen LogP contribution in [-0.4, -0.2) is 32.0 Å². The largest absolute Gasteiger partial charge is 0.461 e. The van der Waals surface area contributed by atoms with Crippen LogP contribution in [0.5, 0.6) is 17.2 Å². The van der Waals surface area contributed by atoms with E-state index >= 15 is 0 Å². The summed E-state index contributed by atoms with van der Waals surface area (Å²) in [6, 6.07) is 20.3. The number of benzene rings is 4. The van der Waals surface area contributed by atoms with Crippen LogP contribution in [0.1, 0.15) is 46.5 Å². The summed E-state index contributed by atoms with van der Waals surface area (Å²) in [5.74, 6) is 0.155. The van der Waals surface area contributed by atoms with E-state index in [0.29, 0.717) is 45.1 Å². The van der Waals surface area contributed by atoms with Crippen LogP contribution in [0.3, 0.4) is 0 Å². The highest BCUT2D eigenvalue weighted by molar-refractivity contribution is 6.00. The first kappa shape index (κ1) is 24.5. The molecule has 0 aliphatic carbocycles. The van der Waals surface area contributed by atoms with E-state index in [4.69, 9.17) is 18.9 Å². The van der Waals surface area contributed by atoms with Crippen LogP contribution in [0.4, 0.5) is 5.69 Å². The fourth-order valence-corrected chi connectivity index (χ4v) is 5.39. The molecule has 6 rings (SSSR count). The molecule has 0 saturated heterocycles. The quantitative estimate of drug-likeness (QED) is 0.257. The van der Waals surface area contributed by atoms with E-state index < -0.39 is 23.5 Å². The molecular weight excluding hydrogens is 498 g/mol. The lowest BCUT2D eigenvalue weighted by Crippen LogP contribution is -2.33. The zero-order valence-corrected chi connectivity index (χ0v) is 21.9. The van der Waals surface area contributed by atoms with Crippen LogP contribution in [0.15, 0.2) is 66.7 Å². The Morgan fingerprint density at radius 3 is 2.44 bits per heavy atom. The Balaban J connectivity index is 1.63. The van der Waals surface area contributed by atoms with Crippen molar-refractivity contribution >= 4 is 34.4 Å². The first-order valence-corrected chi connectivity index (χ1v) is 12.4. The van der Waals surface area contributed by atoms with Crippen molar-refractivity contribution in [1.82, 2.24) is 0 Å². The molecule has 8 nitrogen and oxygen atoms in total. The number of ether oxygens (including phenoxy) is 4. The van der Waals surface area contributed by atoms with E-state index in [9.17, 15) is 14.4 Å². The number of hydrogen-bond acceptors (Lipinski definition) is 8. The number of esters is 3. The van der Waals surface area contributed by atoms with Gasteiger partial charge in [-0.05, 0) is 41.8 Å². The van der Waals surface area contributed by atoms with Crippen molar-refractivity contribution in [3.63, 3.8) is 0 Å². The maximum absolute atomic E-state index is 13.5. The monoisotopic (exact) mass is 523 g/mol. The molecule has 0 saturated carbocycles. The van der Waals surface area contributed by atoms with E-state index in [1.165, 1.54) is 13.8 Å². The van der Waals surface area contributed by atoms with Gasteiger partial charge in [0.2, 0.25) is 0 Å². The van der Waals surface area contributed by atoms with Gasteiger partial charge in [-0.25, -0.2) is 4.79 Å². The summed E-state index contributed by atoms with van der Waals surface area (Å²) in [6.45, 7) is 2.63. The van der Waals surface area contributed by atoms with Gasteiger partial charge >= 0.3 is 17.9 Å². The molecular formula is C31H25NO7. The standard InChI is InChI=1S/C31H25NO7/c1-17(33)36-16-20-6-5-7-25-28(20)30(35)39-31(25)24-13-9-21(32(3)4)15-27(24)38-29-23-11-10-22(37-18(2)34)14-19(23)8-12-26(29)31/h5-15H,16H2,1-4H3. The molecule has 1 unspecified atom stereocenters. The fourth-order valence-electron chi connectivity index (χ4n) is 5.39. The van der Waals surface area contributed by atoms with Gasteiger partial charge in [-0.1, -0.05) is 24.3 Å². The normalized spacial score (nSPS) is 16.6. The molecule has 0 aromatic heterocycles. The van der Waals surface area contributed by atoms with Crippen LogP contribution in [-0.2, 0) is 31.3 Å². The zero-order chi connectivity index (χ0) is 27.5. The van der Waals surface area contributed by atoms with Crippen LogP contribution < -0.4 is 14.4 Å². The van der Waals surface area contributed by atoms with Gasteiger partial charge in [0.1, 0.15) is 23.9 Å². The van der Waals surface area contributed by atoms with Crippen LogP contribution in [0, 0.1) is 0 Å². The van der Waals surface area contributed by atoms with Gasteiger partial charge in [0.05, 0.1) is 5.56 Å². The minimum Gasteiger partial charge on any atom is -0.461 e. The first-order valence-electron chi connectivity index (χ1n) is 12.4. The zero-order valence-electron chi connectivity index (χ0n) is 21.9. The van der Waals surface area contributed by atoms with E-state index in [1.807, 2.05) is 67.5 Å². The van der Waals surface area contributed by atoms with Crippen LogP contribution in [0.25, 0.3) is 10.8 Å². The van der Waals surface area contributed by atoms with Gasteiger partial charge in [0, 0.05) is 67.3 Å². The van der Waals surface area contributed by atoms with Gasteiger partial charge in [-0.3, -0.25) is 9.59 Å². The van der Waals surface area contributed by atoms with Crippen molar-refractivity contribution in [3.05, 3.63) is 94.5 Å². The maximum Gasteiger partial charge on any atom is 0.340 e. The number of fused-ring (bicyclic) bond motifs is 8. The van der Waals surface area contributed by atoms with Gasteiger partial charge in [0.15, 0.2) is 5.60 Å². The molecule has 2 aliphatic rings. The third-order valence-corrected chi connectivity index (χ3v) is 7.07. The highest BCUT2D eigenvalue weighted by Crippen LogP contribution is 2.58. The molecule has 4 aromatic rings. The molecule has 0 N–H and O–H groups in total. The molecule has 196 valence electrons. The van der Waals surface area contributed by atoms with Crippen molar-refractivity contribution in [2.24, 2.45) is 0 Å². The van der Waals surface area contributed by atoms with Crippen molar-refractivity contribution < 1.29 is 33.3 Å². The molecule has 0 radical (unpaired) electrons. The molecule has 0 bridgehead atoms. The lowest BCUT2D eigenvalue weighted by Gasteiger charge is -2.37. The Labute approximate surface area is 224 Å². The van der Waals surface area contributed by atoms with Gasteiger partial charge < -0.3 is 23.8 Å². The van der Waals surface area contributed by atoms with Crippen LogP contribution >= 0.6 is 0 Å². The molecule has 4 aromatic carbocycles. The second-order valence-corrected chi connectivity index (χ2v) is 9.79. The Morgan fingerprint density at radius 2 is 1.69 bits per heavy atom. The lowest BCUT2D eigenvalue weighted by molar-refractivity contribution is -0.142. The average Bonchev–Trinajstić information content (AvgIpc) is 3.19. The number of hydrogen-bond donors (Lipinski definition) is 0. The topological polar surface area (TPSA) is 91.4 Å². The molecule has 0 amide bonds. The van der Waals surface area contributed by atoms with E-state index in [0.717, 1.165) is 16.5 Å². The second kappa shape index (κ2) is 8.87. The minimum atomic E-state index is -1.28. The molecule has 2 aliphatic heterocycles. The van der Waals surface area contributed by atoms with Gasteiger partial charge in [-0.15, -0.1) is 0 Å². The lowest BCUT2D eigenvalue weighted by atomic mass is 9.76. The van der Waals surface area contributed by atoms with Crippen molar-refractivity contribution in [2.45, 2.75) is 26.1 Å². The molecule has 8 heteroatoms. The Hall–Kier alpha value is -4.85. The SMILES string of the molecule is CC(=O)OCc1cccc2c1C(=O)OC21c2ccc(N(C)C)cc2Oc2c1ccc1cc(OC(C)=O)ccc21. The predicted octanol–water partition coefficient (Wildman–Crippen LogP) is 5.46. The number of carbonyl (C=O) groups excluding carboxylic acids is 3. The van der Waals surface area contributed by atoms with Gasteiger partial charge in [-0.2, -0.15) is 0 Å². The summed E-state index contributed by atoms with van der Waals surface area (Å²) in [5.41, 5.74) is 2.57. The number of rotatable bonds is 4. The summed E-state index contributed by atoms with van der Waals surface area (Å²) in [7, 11) is 3.87. The number of carbonyl (C=O) groups is 3. The average molecular weight is 524 g/mol. The Kier molecular flexibility index (Phi) is 5.57. The molecule has 1 atom stereocenters. The molecule has 39 heavy (non-hydrogen) atoms.